The van der Waals surface area contributed by atoms with Crippen molar-refractivity contribution in [2.24, 2.45) is 11.8 Å². The van der Waals surface area contributed by atoms with E-state index < -0.39 is 0 Å². The summed E-state index contributed by atoms with van der Waals surface area (Å²) >= 11 is 0. The number of amides is 1. The highest BCUT2D eigenvalue weighted by Crippen LogP contribution is 2.43. The van der Waals surface area contributed by atoms with Gasteiger partial charge in [0.1, 0.15) is 11.5 Å². The first-order valence-corrected chi connectivity index (χ1v) is 8.50. The van der Waals surface area contributed by atoms with E-state index in [0.29, 0.717) is 23.7 Å². The van der Waals surface area contributed by atoms with Crippen LogP contribution in [0.25, 0.3) is 0 Å². The van der Waals surface area contributed by atoms with E-state index in [4.69, 9.17) is 0 Å². The molecule has 3 heterocycles. The zero-order chi connectivity index (χ0) is 17.4. The zero-order valence-corrected chi connectivity index (χ0v) is 13.7. The van der Waals surface area contributed by atoms with Crippen LogP contribution >= 0.6 is 0 Å². The zero-order valence-electron chi connectivity index (χ0n) is 13.7. The second kappa shape index (κ2) is 6.54. The van der Waals surface area contributed by atoms with E-state index in [9.17, 15) is 14.3 Å². The van der Waals surface area contributed by atoms with E-state index in [1.54, 1.807) is 18.2 Å². The third-order valence-corrected chi connectivity index (χ3v) is 5.24. The Balaban J connectivity index is 1.70. The minimum atomic E-state index is -0.292. The Bertz CT molecular complexity index is 798. The number of likely N-dealkylation sites (tertiary alicyclic amines) is 1. The molecule has 1 aromatic heterocycles. The standard InChI is InChI=1S/C19H20FN3O2/c20-15-3-1-2-13(7-15)18-16-9-21-8-14(16)10-23(18)19(25)17-6-12(11-24)4-5-22-17/h1-7,14,16,18,21,24H,8-11H2/t14-,16-,18-/m0/s1. The fraction of sp³-hybridized carbons (Fsp3) is 0.368. The molecule has 25 heavy (non-hydrogen) atoms. The van der Waals surface area contributed by atoms with Crippen LogP contribution in [0.15, 0.2) is 42.6 Å². The molecule has 0 bridgehead atoms. The maximum Gasteiger partial charge on any atom is 0.272 e. The largest absolute Gasteiger partial charge is 0.392 e. The Hall–Kier alpha value is -2.31. The Kier molecular flexibility index (Phi) is 4.23. The van der Waals surface area contributed by atoms with Crippen LogP contribution in [0.2, 0.25) is 0 Å². The molecule has 2 aromatic rings. The van der Waals surface area contributed by atoms with Gasteiger partial charge in [-0.2, -0.15) is 0 Å². The number of aromatic nitrogens is 1. The fourth-order valence-corrected chi connectivity index (χ4v) is 4.08. The summed E-state index contributed by atoms with van der Waals surface area (Å²) in [6.45, 7) is 2.18. The number of aliphatic hydroxyl groups is 1. The smallest absolute Gasteiger partial charge is 0.272 e. The van der Waals surface area contributed by atoms with Gasteiger partial charge in [-0.05, 0) is 41.3 Å². The van der Waals surface area contributed by atoms with Crippen LogP contribution in [0, 0.1) is 17.7 Å². The number of halogens is 1. The summed E-state index contributed by atoms with van der Waals surface area (Å²) in [6, 6.07) is 9.65. The molecule has 2 fully saturated rings. The molecule has 3 atom stereocenters. The van der Waals surface area contributed by atoms with Crippen molar-refractivity contribution in [3.05, 3.63) is 65.2 Å². The molecule has 1 aromatic carbocycles. The number of pyridine rings is 1. The quantitative estimate of drug-likeness (QED) is 0.893. The van der Waals surface area contributed by atoms with E-state index in [0.717, 1.165) is 18.7 Å². The molecular formula is C19H20FN3O2. The molecule has 0 unspecified atom stereocenters. The first-order valence-electron chi connectivity index (χ1n) is 8.50. The van der Waals surface area contributed by atoms with Gasteiger partial charge in [0.25, 0.3) is 5.91 Å². The number of fused-ring (bicyclic) bond motifs is 1. The molecule has 5 nitrogen and oxygen atoms in total. The molecule has 2 saturated heterocycles. The van der Waals surface area contributed by atoms with Gasteiger partial charge in [0, 0.05) is 31.7 Å². The van der Waals surface area contributed by atoms with E-state index in [1.165, 1.54) is 18.3 Å². The minimum Gasteiger partial charge on any atom is -0.392 e. The first kappa shape index (κ1) is 16.2. The summed E-state index contributed by atoms with van der Waals surface area (Å²) in [5.74, 6) is 0.170. The van der Waals surface area contributed by atoms with Crippen molar-refractivity contribution in [1.29, 1.82) is 0 Å². The van der Waals surface area contributed by atoms with E-state index in [1.807, 2.05) is 11.0 Å². The van der Waals surface area contributed by atoms with E-state index >= 15 is 0 Å². The summed E-state index contributed by atoms with van der Waals surface area (Å²) in [5.41, 5.74) is 1.80. The van der Waals surface area contributed by atoms with Crippen LogP contribution in [-0.2, 0) is 6.61 Å². The number of carbonyl (C=O) groups excluding carboxylic acids is 1. The van der Waals surface area contributed by atoms with Crippen molar-refractivity contribution in [2.45, 2.75) is 12.6 Å². The van der Waals surface area contributed by atoms with Crippen molar-refractivity contribution in [2.75, 3.05) is 19.6 Å². The number of benzene rings is 1. The van der Waals surface area contributed by atoms with Crippen LogP contribution in [0.1, 0.15) is 27.7 Å². The Morgan fingerprint density at radius 1 is 1.32 bits per heavy atom. The van der Waals surface area contributed by atoms with Crippen LogP contribution in [0.5, 0.6) is 0 Å². The van der Waals surface area contributed by atoms with Gasteiger partial charge >= 0.3 is 0 Å². The predicted molar refractivity (Wildman–Crippen MR) is 90.2 cm³/mol. The summed E-state index contributed by atoms with van der Waals surface area (Å²) in [5, 5.41) is 12.7. The number of hydrogen-bond acceptors (Lipinski definition) is 4. The number of aliphatic hydroxyl groups excluding tert-OH is 1. The van der Waals surface area contributed by atoms with Gasteiger partial charge in [-0.15, -0.1) is 0 Å². The lowest BCUT2D eigenvalue weighted by Crippen LogP contribution is -2.35. The lowest BCUT2D eigenvalue weighted by atomic mass is 9.89. The van der Waals surface area contributed by atoms with Gasteiger partial charge in [0.15, 0.2) is 0 Å². The third kappa shape index (κ3) is 2.92. The molecule has 4 rings (SSSR count). The molecule has 2 aliphatic heterocycles. The van der Waals surface area contributed by atoms with E-state index in [-0.39, 0.29) is 30.3 Å². The monoisotopic (exact) mass is 341 g/mol. The van der Waals surface area contributed by atoms with Gasteiger partial charge < -0.3 is 15.3 Å². The normalized spacial score (nSPS) is 25.2. The SMILES string of the molecule is O=C(c1cc(CO)ccn1)N1C[C@@H]2CNC[C@@H]2[C@@H]1c1cccc(F)c1. The molecule has 0 aliphatic carbocycles. The molecule has 1 amide bonds. The minimum absolute atomic E-state index is 0.134. The first-order chi connectivity index (χ1) is 12.2. The molecule has 0 radical (unpaired) electrons. The van der Waals surface area contributed by atoms with Crippen LogP contribution in [0.3, 0.4) is 0 Å². The summed E-state index contributed by atoms with van der Waals surface area (Å²) in [6.07, 6.45) is 1.54. The maximum atomic E-state index is 13.8. The van der Waals surface area contributed by atoms with Crippen molar-refractivity contribution in [3.63, 3.8) is 0 Å². The van der Waals surface area contributed by atoms with Crippen molar-refractivity contribution in [1.82, 2.24) is 15.2 Å². The van der Waals surface area contributed by atoms with Gasteiger partial charge in [-0.3, -0.25) is 9.78 Å². The number of rotatable bonds is 3. The molecule has 2 N–H and O–H groups in total. The highest BCUT2D eigenvalue weighted by Gasteiger charge is 2.47. The Labute approximate surface area is 145 Å². The molecule has 130 valence electrons. The van der Waals surface area contributed by atoms with E-state index in [2.05, 4.69) is 10.3 Å². The summed E-state index contributed by atoms with van der Waals surface area (Å²) < 4.78 is 13.8. The van der Waals surface area contributed by atoms with Crippen LogP contribution in [-0.4, -0.2) is 40.5 Å². The van der Waals surface area contributed by atoms with Crippen LogP contribution < -0.4 is 5.32 Å². The van der Waals surface area contributed by atoms with Crippen LogP contribution in [0.4, 0.5) is 4.39 Å². The van der Waals surface area contributed by atoms with Gasteiger partial charge in [0.2, 0.25) is 0 Å². The second-order valence-corrected chi connectivity index (χ2v) is 6.75. The molecule has 0 spiro atoms. The highest BCUT2D eigenvalue weighted by molar-refractivity contribution is 5.93. The average molecular weight is 341 g/mol. The molecule has 0 saturated carbocycles. The number of nitrogens with zero attached hydrogens (tertiary/aromatic N) is 2. The van der Waals surface area contributed by atoms with Gasteiger partial charge in [-0.25, -0.2) is 4.39 Å². The Morgan fingerprint density at radius 2 is 2.20 bits per heavy atom. The van der Waals surface area contributed by atoms with Crippen molar-refractivity contribution >= 4 is 5.91 Å². The number of carbonyl (C=O) groups is 1. The predicted octanol–water partition coefficient (Wildman–Crippen LogP) is 1.75. The lowest BCUT2D eigenvalue weighted by Gasteiger charge is -2.28. The third-order valence-electron chi connectivity index (χ3n) is 5.24. The molecular weight excluding hydrogens is 321 g/mol. The second-order valence-electron chi connectivity index (χ2n) is 6.75. The lowest BCUT2D eigenvalue weighted by molar-refractivity contribution is 0.0707. The topological polar surface area (TPSA) is 65.5 Å². The van der Waals surface area contributed by atoms with Gasteiger partial charge in [0.05, 0.1) is 12.6 Å². The maximum absolute atomic E-state index is 13.8. The van der Waals surface area contributed by atoms with Gasteiger partial charge in [-0.1, -0.05) is 12.1 Å². The Morgan fingerprint density at radius 3 is 3.00 bits per heavy atom. The fourth-order valence-electron chi connectivity index (χ4n) is 4.08. The van der Waals surface area contributed by atoms with Crippen molar-refractivity contribution in [3.8, 4) is 0 Å². The number of nitrogens with one attached hydrogen (secondary N) is 1. The molecule has 6 heteroatoms. The average Bonchev–Trinajstić information content (AvgIpc) is 3.22. The van der Waals surface area contributed by atoms with Crippen molar-refractivity contribution < 1.29 is 14.3 Å². The summed E-state index contributed by atoms with van der Waals surface area (Å²) in [7, 11) is 0. The molecule has 2 aliphatic rings. The highest BCUT2D eigenvalue weighted by atomic mass is 19.1. The summed E-state index contributed by atoms with van der Waals surface area (Å²) in [4.78, 5) is 19.1. The number of hydrogen-bond donors (Lipinski definition) is 2.